The van der Waals surface area contributed by atoms with Gasteiger partial charge in [0.05, 0.1) is 17.9 Å². The zero-order valence-electron chi connectivity index (χ0n) is 11.2. The summed E-state index contributed by atoms with van der Waals surface area (Å²) in [7, 11) is 0. The van der Waals surface area contributed by atoms with Gasteiger partial charge in [-0.25, -0.2) is 4.79 Å². The standard InChI is InChI=1S/C13H14N4O3S/c18-12(10-8-14-21-15-10)16-6-3-9(4-7-16)17-5-1-2-11(17)13(19)20/h1-2,5,8-9H,3-4,6-7H2,(H,19,20). The number of hydrogen-bond acceptors (Lipinski definition) is 5. The number of aromatic nitrogens is 3. The smallest absolute Gasteiger partial charge is 0.352 e. The number of nitrogens with zero attached hydrogens (tertiary/aromatic N) is 4. The van der Waals surface area contributed by atoms with Crippen molar-refractivity contribution in [2.75, 3.05) is 13.1 Å². The van der Waals surface area contributed by atoms with Crippen LogP contribution in [-0.2, 0) is 0 Å². The Morgan fingerprint density at radius 1 is 1.33 bits per heavy atom. The molecule has 1 saturated heterocycles. The molecular weight excluding hydrogens is 292 g/mol. The summed E-state index contributed by atoms with van der Waals surface area (Å²) >= 11 is 1.02. The fourth-order valence-corrected chi connectivity index (χ4v) is 3.07. The van der Waals surface area contributed by atoms with E-state index in [1.54, 1.807) is 27.8 Å². The summed E-state index contributed by atoms with van der Waals surface area (Å²) in [6, 6.07) is 3.45. The summed E-state index contributed by atoms with van der Waals surface area (Å²) in [6.07, 6.45) is 4.74. The van der Waals surface area contributed by atoms with Crippen LogP contribution in [0.15, 0.2) is 24.5 Å². The van der Waals surface area contributed by atoms with Crippen LogP contribution in [0, 0.1) is 0 Å². The molecule has 2 aromatic rings. The molecule has 0 radical (unpaired) electrons. The largest absolute Gasteiger partial charge is 0.477 e. The number of amides is 1. The molecule has 21 heavy (non-hydrogen) atoms. The van der Waals surface area contributed by atoms with Crippen LogP contribution in [0.2, 0.25) is 0 Å². The highest BCUT2D eigenvalue weighted by Gasteiger charge is 2.27. The molecule has 110 valence electrons. The zero-order valence-corrected chi connectivity index (χ0v) is 12.0. The van der Waals surface area contributed by atoms with Crippen LogP contribution in [0.3, 0.4) is 0 Å². The van der Waals surface area contributed by atoms with E-state index in [9.17, 15) is 9.59 Å². The highest BCUT2D eigenvalue weighted by atomic mass is 32.1. The van der Waals surface area contributed by atoms with Crippen molar-refractivity contribution in [1.29, 1.82) is 0 Å². The van der Waals surface area contributed by atoms with Crippen LogP contribution in [0.1, 0.15) is 39.9 Å². The van der Waals surface area contributed by atoms with Gasteiger partial charge in [0.15, 0.2) is 5.69 Å². The Hall–Kier alpha value is -2.22. The van der Waals surface area contributed by atoms with Gasteiger partial charge in [0.2, 0.25) is 0 Å². The predicted molar refractivity (Wildman–Crippen MR) is 75.5 cm³/mol. The van der Waals surface area contributed by atoms with Crippen molar-refractivity contribution in [3.05, 3.63) is 35.9 Å². The maximum Gasteiger partial charge on any atom is 0.352 e. The average molecular weight is 306 g/mol. The van der Waals surface area contributed by atoms with E-state index in [0.717, 1.165) is 24.6 Å². The van der Waals surface area contributed by atoms with Crippen LogP contribution in [0.25, 0.3) is 0 Å². The molecular formula is C13H14N4O3S. The Kier molecular flexibility index (Phi) is 3.70. The van der Waals surface area contributed by atoms with Gasteiger partial charge in [-0.1, -0.05) is 0 Å². The molecule has 0 spiro atoms. The highest BCUT2D eigenvalue weighted by molar-refractivity contribution is 6.99. The summed E-state index contributed by atoms with van der Waals surface area (Å²) in [6.45, 7) is 1.19. The number of carbonyl (C=O) groups excluding carboxylic acids is 1. The molecule has 1 aliphatic rings. The molecule has 2 aromatic heterocycles. The molecule has 1 aliphatic heterocycles. The van der Waals surface area contributed by atoms with E-state index in [0.29, 0.717) is 24.5 Å². The molecule has 0 atom stereocenters. The van der Waals surface area contributed by atoms with Gasteiger partial charge < -0.3 is 14.6 Å². The minimum atomic E-state index is -0.924. The van der Waals surface area contributed by atoms with E-state index in [4.69, 9.17) is 5.11 Å². The molecule has 7 nitrogen and oxygen atoms in total. The molecule has 3 heterocycles. The molecule has 3 rings (SSSR count). The number of piperidine rings is 1. The average Bonchev–Trinajstić information content (AvgIpc) is 3.18. The van der Waals surface area contributed by atoms with Crippen LogP contribution in [0.5, 0.6) is 0 Å². The van der Waals surface area contributed by atoms with Gasteiger partial charge in [0, 0.05) is 25.3 Å². The SMILES string of the molecule is O=C(O)c1cccn1C1CCN(C(=O)c2cnsn2)CC1. The number of carboxylic acid groups (broad SMARTS) is 1. The second-order valence-corrected chi connectivity index (χ2v) is 5.48. The first-order valence-electron chi connectivity index (χ1n) is 6.64. The second kappa shape index (κ2) is 5.65. The lowest BCUT2D eigenvalue weighted by Gasteiger charge is -2.32. The lowest BCUT2D eigenvalue weighted by atomic mass is 10.0. The Balaban J connectivity index is 1.66. The lowest BCUT2D eigenvalue weighted by Crippen LogP contribution is -2.39. The summed E-state index contributed by atoms with van der Waals surface area (Å²) in [4.78, 5) is 25.1. The van der Waals surface area contributed by atoms with Crippen molar-refractivity contribution >= 4 is 23.6 Å². The van der Waals surface area contributed by atoms with Crippen LogP contribution >= 0.6 is 11.7 Å². The summed E-state index contributed by atoms with van der Waals surface area (Å²) < 4.78 is 9.58. The molecule has 0 aliphatic carbocycles. The molecule has 0 unspecified atom stereocenters. The van der Waals surface area contributed by atoms with E-state index >= 15 is 0 Å². The van der Waals surface area contributed by atoms with Crippen LogP contribution in [0.4, 0.5) is 0 Å². The Labute approximate surface area is 125 Å². The van der Waals surface area contributed by atoms with Crippen molar-refractivity contribution in [2.24, 2.45) is 0 Å². The third-order valence-corrected chi connectivity index (χ3v) is 4.20. The van der Waals surface area contributed by atoms with Crippen molar-refractivity contribution in [3.63, 3.8) is 0 Å². The number of carboxylic acids is 1. The van der Waals surface area contributed by atoms with Gasteiger partial charge in [-0.2, -0.15) is 8.75 Å². The minimum Gasteiger partial charge on any atom is -0.477 e. The minimum absolute atomic E-state index is 0.104. The van der Waals surface area contributed by atoms with Gasteiger partial charge in [0.25, 0.3) is 5.91 Å². The lowest BCUT2D eigenvalue weighted by molar-refractivity contribution is 0.0648. The second-order valence-electron chi connectivity index (χ2n) is 4.92. The van der Waals surface area contributed by atoms with E-state index in [-0.39, 0.29) is 11.9 Å². The van der Waals surface area contributed by atoms with Gasteiger partial charge in [-0.3, -0.25) is 4.79 Å². The molecule has 1 fully saturated rings. The summed E-state index contributed by atoms with van der Waals surface area (Å²) in [5.74, 6) is -1.03. The third-order valence-electron chi connectivity index (χ3n) is 3.72. The maximum atomic E-state index is 12.2. The normalized spacial score (nSPS) is 16.1. The van der Waals surface area contributed by atoms with E-state index in [1.165, 1.54) is 6.20 Å². The van der Waals surface area contributed by atoms with Crippen molar-refractivity contribution in [3.8, 4) is 0 Å². The number of rotatable bonds is 3. The van der Waals surface area contributed by atoms with Crippen molar-refractivity contribution in [2.45, 2.75) is 18.9 Å². The van der Waals surface area contributed by atoms with E-state index < -0.39 is 5.97 Å². The number of hydrogen-bond donors (Lipinski definition) is 1. The topological polar surface area (TPSA) is 88.3 Å². The Morgan fingerprint density at radius 2 is 2.10 bits per heavy atom. The Bertz CT molecular complexity index is 644. The fourth-order valence-electron chi connectivity index (χ4n) is 2.66. The molecule has 0 bridgehead atoms. The zero-order chi connectivity index (χ0) is 14.8. The van der Waals surface area contributed by atoms with E-state index in [1.807, 2.05) is 0 Å². The first-order chi connectivity index (χ1) is 10.2. The monoisotopic (exact) mass is 306 g/mol. The first-order valence-corrected chi connectivity index (χ1v) is 7.37. The number of carbonyl (C=O) groups is 2. The predicted octanol–water partition coefficient (Wildman–Crippen LogP) is 1.52. The number of aromatic carboxylic acids is 1. The third kappa shape index (κ3) is 2.66. The van der Waals surface area contributed by atoms with Gasteiger partial charge in [-0.15, -0.1) is 0 Å². The van der Waals surface area contributed by atoms with Gasteiger partial charge in [0.1, 0.15) is 5.69 Å². The van der Waals surface area contributed by atoms with Crippen molar-refractivity contribution in [1.82, 2.24) is 18.2 Å². The molecule has 1 amide bonds. The van der Waals surface area contributed by atoms with Gasteiger partial charge in [-0.05, 0) is 25.0 Å². The van der Waals surface area contributed by atoms with Crippen LogP contribution < -0.4 is 0 Å². The van der Waals surface area contributed by atoms with E-state index in [2.05, 4.69) is 8.75 Å². The molecule has 0 aromatic carbocycles. The molecule has 8 heteroatoms. The maximum absolute atomic E-state index is 12.2. The highest BCUT2D eigenvalue weighted by Crippen LogP contribution is 2.25. The first kappa shape index (κ1) is 13.7. The number of likely N-dealkylation sites (tertiary alicyclic amines) is 1. The Morgan fingerprint density at radius 3 is 2.71 bits per heavy atom. The van der Waals surface area contributed by atoms with Crippen molar-refractivity contribution < 1.29 is 14.7 Å². The molecule has 1 N–H and O–H groups in total. The van der Waals surface area contributed by atoms with Gasteiger partial charge >= 0.3 is 5.97 Å². The summed E-state index contributed by atoms with van der Waals surface area (Å²) in [5.41, 5.74) is 0.675. The summed E-state index contributed by atoms with van der Waals surface area (Å²) in [5, 5.41) is 9.15. The quantitative estimate of drug-likeness (QED) is 0.928. The fraction of sp³-hybridized carbons (Fsp3) is 0.385. The molecule has 0 saturated carbocycles. The van der Waals surface area contributed by atoms with Crippen LogP contribution in [-0.4, -0.2) is 48.3 Å².